The van der Waals surface area contributed by atoms with E-state index in [9.17, 15) is 9.18 Å². The molecule has 0 radical (unpaired) electrons. The Bertz CT molecular complexity index is 365. The van der Waals surface area contributed by atoms with E-state index in [1.54, 1.807) is 0 Å². The summed E-state index contributed by atoms with van der Waals surface area (Å²) in [6.07, 6.45) is 3.06. The molecule has 0 aliphatic rings. The molecule has 68 valence electrons. The number of hydrogen-bond acceptors (Lipinski definition) is 2. The fourth-order valence-corrected chi connectivity index (χ4v) is 0.883. The van der Waals surface area contributed by atoms with Crippen LogP contribution < -0.4 is 0 Å². The molecule has 1 aromatic rings. The van der Waals surface area contributed by atoms with Crippen molar-refractivity contribution in [3.05, 3.63) is 34.9 Å². The number of carboxylic acid groups (broad SMARTS) is 1. The number of aliphatic carboxylic acids is 1. The van der Waals surface area contributed by atoms with Crippen molar-refractivity contribution in [2.45, 2.75) is 0 Å². The third-order valence-corrected chi connectivity index (χ3v) is 1.44. The Hall–Kier alpha value is -1.42. The molecule has 0 amide bonds. The molecule has 1 aromatic heterocycles. The summed E-state index contributed by atoms with van der Waals surface area (Å²) in [6.45, 7) is 0. The Morgan fingerprint density at radius 2 is 2.38 bits per heavy atom. The fraction of sp³-hybridized carbons (Fsp3) is 0. The predicted molar refractivity (Wildman–Crippen MR) is 45.9 cm³/mol. The Kier molecular flexibility index (Phi) is 2.97. The van der Waals surface area contributed by atoms with E-state index >= 15 is 0 Å². The van der Waals surface area contributed by atoms with Crippen LogP contribution in [0.4, 0.5) is 4.39 Å². The summed E-state index contributed by atoms with van der Waals surface area (Å²) in [5.74, 6) is -1.90. The second-order valence-electron chi connectivity index (χ2n) is 2.21. The standard InChI is InChI=1S/C8H5ClFNO2/c9-6-3-5(1-2-7(12)13)8(10)11-4-6/h1-4H,(H,12,13)/b2-1+. The first-order valence-electron chi connectivity index (χ1n) is 3.31. The highest BCUT2D eigenvalue weighted by atomic mass is 35.5. The minimum absolute atomic E-state index is 0.0508. The van der Waals surface area contributed by atoms with Gasteiger partial charge in [-0.3, -0.25) is 0 Å². The highest BCUT2D eigenvalue weighted by molar-refractivity contribution is 6.30. The Labute approximate surface area is 78.5 Å². The lowest BCUT2D eigenvalue weighted by Crippen LogP contribution is -1.90. The summed E-state index contributed by atoms with van der Waals surface area (Å²) in [4.78, 5) is 13.4. The van der Waals surface area contributed by atoms with E-state index in [0.29, 0.717) is 0 Å². The largest absolute Gasteiger partial charge is 0.478 e. The molecule has 0 bridgehead atoms. The van der Waals surface area contributed by atoms with Gasteiger partial charge in [-0.2, -0.15) is 4.39 Å². The van der Waals surface area contributed by atoms with Gasteiger partial charge in [-0.1, -0.05) is 11.6 Å². The topological polar surface area (TPSA) is 50.2 Å². The zero-order valence-corrected chi connectivity index (χ0v) is 7.12. The maximum Gasteiger partial charge on any atom is 0.328 e. The third-order valence-electron chi connectivity index (χ3n) is 1.24. The molecular weight excluding hydrogens is 197 g/mol. The molecule has 1 N–H and O–H groups in total. The SMILES string of the molecule is O=C(O)/C=C/c1cc(Cl)cnc1F. The summed E-state index contributed by atoms with van der Waals surface area (Å²) >= 11 is 5.52. The molecule has 0 saturated heterocycles. The minimum atomic E-state index is -1.15. The first-order valence-corrected chi connectivity index (χ1v) is 3.69. The van der Waals surface area contributed by atoms with Gasteiger partial charge in [0.15, 0.2) is 0 Å². The lowest BCUT2D eigenvalue weighted by atomic mass is 10.2. The number of halogens is 2. The number of carboxylic acids is 1. The van der Waals surface area contributed by atoms with Gasteiger partial charge in [-0.05, 0) is 12.1 Å². The molecule has 0 saturated carbocycles. The zero-order valence-electron chi connectivity index (χ0n) is 6.37. The monoisotopic (exact) mass is 201 g/mol. The van der Waals surface area contributed by atoms with Crippen LogP contribution in [-0.4, -0.2) is 16.1 Å². The van der Waals surface area contributed by atoms with Crippen LogP contribution >= 0.6 is 11.6 Å². The molecule has 3 nitrogen and oxygen atoms in total. The van der Waals surface area contributed by atoms with Crippen LogP contribution in [0, 0.1) is 5.95 Å². The van der Waals surface area contributed by atoms with Crippen molar-refractivity contribution in [1.82, 2.24) is 4.98 Å². The van der Waals surface area contributed by atoms with E-state index in [1.165, 1.54) is 6.07 Å². The van der Waals surface area contributed by atoms with E-state index in [0.717, 1.165) is 18.3 Å². The van der Waals surface area contributed by atoms with E-state index in [1.807, 2.05) is 0 Å². The summed E-state index contributed by atoms with van der Waals surface area (Å²) in [7, 11) is 0. The molecule has 13 heavy (non-hydrogen) atoms. The lowest BCUT2D eigenvalue weighted by molar-refractivity contribution is -0.131. The highest BCUT2D eigenvalue weighted by Gasteiger charge is 2.00. The van der Waals surface area contributed by atoms with Gasteiger partial charge in [-0.25, -0.2) is 9.78 Å². The Morgan fingerprint density at radius 1 is 1.69 bits per heavy atom. The highest BCUT2D eigenvalue weighted by Crippen LogP contribution is 2.13. The van der Waals surface area contributed by atoms with Gasteiger partial charge >= 0.3 is 5.97 Å². The summed E-state index contributed by atoms with van der Waals surface area (Å²) < 4.78 is 12.8. The molecular formula is C8H5ClFNO2. The molecule has 0 fully saturated rings. The van der Waals surface area contributed by atoms with Crippen LogP contribution in [0.3, 0.4) is 0 Å². The van der Waals surface area contributed by atoms with Crippen LogP contribution in [0.25, 0.3) is 6.08 Å². The van der Waals surface area contributed by atoms with Gasteiger partial charge in [0.05, 0.1) is 5.02 Å². The van der Waals surface area contributed by atoms with Crippen LogP contribution in [0.5, 0.6) is 0 Å². The van der Waals surface area contributed by atoms with Crippen LogP contribution in [-0.2, 0) is 4.79 Å². The smallest absolute Gasteiger partial charge is 0.328 e. The molecule has 0 aliphatic carbocycles. The quantitative estimate of drug-likeness (QED) is 0.588. The van der Waals surface area contributed by atoms with E-state index in [4.69, 9.17) is 16.7 Å². The second kappa shape index (κ2) is 4.00. The average molecular weight is 202 g/mol. The third kappa shape index (κ3) is 2.83. The molecule has 0 aromatic carbocycles. The van der Waals surface area contributed by atoms with E-state index < -0.39 is 11.9 Å². The van der Waals surface area contributed by atoms with Crippen molar-refractivity contribution in [2.75, 3.05) is 0 Å². The number of carbonyl (C=O) groups is 1. The predicted octanol–water partition coefficient (Wildman–Crippen LogP) is 1.97. The van der Waals surface area contributed by atoms with E-state index in [-0.39, 0.29) is 10.6 Å². The second-order valence-corrected chi connectivity index (χ2v) is 2.64. The van der Waals surface area contributed by atoms with Gasteiger partial charge < -0.3 is 5.11 Å². The van der Waals surface area contributed by atoms with Crippen molar-refractivity contribution in [3.8, 4) is 0 Å². The van der Waals surface area contributed by atoms with Crippen molar-refractivity contribution >= 4 is 23.6 Å². The molecule has 0 atom stereocenters. The first-order chi connectivity index (χ1) is 6.09. The fourth-order valence-electron chi connectivity index (χ4n) is 0.716. The molecule has 0 unspecified atom stereocenters. The van der Waals surface area contributed by atoms with Crippen molar-refractivity contribution in [2.24, 2.45) is 0 Å². The van der Waals surface area contributed by atoms with Gasteiger partial charge in [0.1, 0.15) is 0 Å². The van der Waals surface area contributed by atoms with Crippen molar-refractivity contribution in [1.29, 1.82) is 0 Å². The lowest BCUT2D eigenvalue weighted by Gasteiger charge is -1.94. The number of nitrogens with zero attached hydrogens (tertiary/aromatic N) is 1. The molecule has 0 aliphatic heterocycles. The van der Waals surface area contributed by atoms with Crippen LogP contribution in [0.15, 0.2) is 18.3 Å². The molecule has 1 rings (SSSR count). The maximum atomic E-state index is 12.8. The van der Waals surface area contributed by atoms with Crippen molar-refractivity contribution < 1.29 is 14.3 Å². The van der Waals surface area contributed by atoms with Gasteiger partial charge in [0.25, 0.3) is 0 Å². The van der Waals surface area contributed by atoms with Crippen LogP contribution in [0.2, 0.25) is 5.02 Å². The summed E-state index contributed by atoms with van der Waals surface area (Å²) in [5, 5.41) is 8.53. The maximum absolute atomic E-state index is 12.8. The van der Waals surface area contributed by atoms with Crippen molar-refractivity contribution in [3.63, 3.8) is 0 Å². The zero-order chi connectivity index (χ0) is 9.84. The normalized spacial score (nSPS) is 10.6. The number of rotatable bonds is 2. The number of aromatic nitrogens is 1. The molecule has 1 heterocycles. The van der Waals surface area contributed by atoms with Gasteiger partial charge in [0, 0.05) is 17.8 Å². The van der Waals surface area contributed by atoms with Crippen LogP contribution in [0.1, 0.15) is 5.56 Å². The minimum Gasteiger partial charge on any atom is -0.478 e. The van der Waals surface area contributed by atoms with Gasteiger partial charge in [-0.15, -0.1) is 0 Å². The number of pyridine rings is 1. The average Bonchev–Trinajstić information content (AvgIpc) is 2.06. The summed E-state index contributed by atoms with van der Waals surface area (Å²) in [6, 6.07) is 1.29. The number of hydrogen-bond donors (Lipinski definition) is 1. The molecule has 5 heteroatoms. The first kappa shape index (κ1) is 9.67. The Balaban J connectivity index is 3.00. The Morgan fingerprint density at radius 3 is 3.00 bits per heavy atom. The van der Waals surface area contributed by atoms with E-state index in [2.05, 4.69) is 4.98 Å². The summed E-state index contributed by atoms with van der Waals surface area (Å²) in [5.41, 5.74) is 0.0508. The molecule has 0 spiro atoms. The van der Waals surface area contributed by atoms with Gasteiger partial charge in [0.2, 0.25) is 5.95 Å².